The average molecular weight is 274 g/mol. The van der Waals surface area contributed by atoms with Crippen LogP contribution in [0.25, 0.3) is 0 Å². The third-order valence-corrected chi connectivity index (χ3v) is 4.55. The summed E-state index contributed by atoms with van der Waals surface area (Å²) in [5.41, 5.74) is 7.68. The normalized spacial score (nSPS) is 28.4. The predicted molar refractivity (Wildman–Crippen MR) is 76.8 cm³/mol. The molecule has 1 aliphatic carbocycles. The van der Waals surface area contributed by atoms with Crippen molar-refractivity contribution in [2.75, 3.05) is 13.6 Å². The Morgan fingerprint density at radius 3 is 2.95 bits per heavy atom. The first-order valence-corrected chi connectivity index (χ1v) is 7.40. The van der Waals surface area contributed by atoms with Crippen molar-refractivity contribution in [3.8, 4) is 0 Å². The number of hydrogen-bond acceptors (Lipinski definition) is 4. The van der Waals surface area contributed by atoms with Crippen molar-refractivity contribution in [2.45, 2.75) is 37.8 Å². The summed E-state index contributed by atoms with van der Waals surface area (Å²) in [5, 5.41) is 0. The van der Waals surface area contributed by atoms with Gasteiger partial charge in [-0.3, -0.25) is 15.2 Å². The second-order valence-electron chi connectivity index (χ2n) is 5.83. The molecule has 1 saturated heterocycles. The van der Waals surface area contributed by atoms with Crippen molar-refractivity contribution in [1.29, 1.82) is 0 Å². The third-order valence-electron chi connectivity index (χ3n) is 4.55. The number of aromatic nitrogens is 1. The monoisotopic (exact) mass is 274 g/mol. The summed E-state index contributed by atoms with van der Waals surface area (Å²) in [7, 11) is 1.90. The van der Waals surface area contributed by atoms with Gasteiger partial charge in [0.25, 0.3) is 0 Å². The van der Waals surface area contributed by atoms with Gasteiger partial charge in [-0.2, -0.15) is 0 Å². The third kappa shape index (κ3) is 2.69. The lowest BCUT2D eigenvalue weighted by Crippen LogP contribution is -2.47. The molecule has 2 heterocycles. The molecule has 1 saturated carbocycles. The summed E-state index contributed by atoms with van der Waals surface area (Å²) in [6.45, 7) is 0.748. The lowest BCUT2D eigenvalue weighted by Gasteiger charge is -2.23. The quantitative estimate of drug-likeness (QED) is 0.850. The van der Waals surface area contributed by atoms with Crippen LogP contribution in [0.5, 0.6) is 0 Å². The number of pyridine rings is 1. The van der Waals surface area contributed by atoms with Crippen LogP contribution >= 0.6 is 0 Å². The van der Waals surface area contributed by atoms with Gasteiger partial charge < -0.3 is 4.90 Å². The lowest BCUT2D eigenvalue weighted by atomic mass is 9.96. The molecule has 3 atom stereocenters. The van der Waals surface area contributed by atoms with Crippen molar-refractivity contribution in [2.24, 2.45) is 5.92 Å². The van der Waals surface area contributed by atoms with Crippen LogP contribution in [0.1, 0.15) is 24.8 Å². The lowest BCUT2D eigenvalue weighted by molar-refractivity contribution is -0.132. The molecule has 1 amide bonds. The summed E-state index contributed by atoms with van der Waals surface area (Å²) in [6.07, 6.45) is 8.03. The number of rotatable bonds is 4. The van der Waals surface area contributed by atoms with Crippen molar-refractivity contribution < 1.29 is 4.79 Å². The van der Waals surface area contributed by atoms with Gasteiger partial charge in [0.1, 0.15) is 6.04 Å². The fraction of sp³-hybridized carbons (Fsp3) is 0.600. The zero-order chi connectivity index (χ0) is 13.9. The predicted octanol–water partition coefficient (Wildman–Crippen LogP) is 0.728. The summed E-state index contributed by atoms with van der Waals surface area (Å²) in [4.78, 5) is 18.4. The Bertz CT molecular complexity index is 464. The summed E-state index contributed by atoms with van der Waals surface area (Å²) in [5.74, 6) is 0.673. The number of nitrogens with one attached hydrogen (secondary N) is 2. The minimum Gasteiger partial charge on any atom is -0.344 e. The van der Waals surface area contributed by atoms with Gasteiger partial charge in [0.05, 0.1) is 0 Å². The van der Waals surface area contributed by atoms with Crippen LogP contribution in [0.15, 0.2) is 24.5 Å². The van der Waals surface area contributed by atoms with Crippen LogP contribution in [-0.4, -0.2) is 41.5 Å². The number of amides is 1. The van der Waals surface area contributed by atoms with Crippen molar-refractivity contribution in [1.82, 2.24) is 20.7 Å². The Morgan fingerprint density at radius 2 is 2.15 bits per heavy atom. The van der Waals surface area contributed by atoms with E-state index in [1.165, 1.54) is 18.4 Å². The van der Waals surface area contributed by atoms with E-state index in [1.54, 1.807) is 12.4 Å². The summed E-state index contributed by atoms with van der Waals surface area (Å²) >= 11 is 0. The Kier molecular flexibility index (Phi) is 3.98. The van der Waals surface area contributed by atoms with Gasteiger partial charge in [0, 0.05) is 37.9 Å². The highest BCUT2D eigenvalue weighted by Gasteiger charge is 2.43. The topological polar surface area (TPSA) is 57.3 Å². The average Bonchev–Trinajstić information content (AvgIpc) is 3.08. The number of hydrogen-bond donors (Lipinski definition) is 2. The van der Waals surface area contributed by atoms with E-state index in [1.807, 2.05) is 24.1 Å². The standard InChI is InChI=1S/C15H22N4O/c1-19(10-7-11-5-8-16-9-6-11)15(20)14-12-3-2-4-13(12)17-18-14/h5-6,8-9,12-14,17-18H,2-4,7,10H2,1H3. The first-order valence-electron chi connectivity index (χ1n) is 7.40. The molecule has 0 aromatic carbocycles. The Hall–Kier alpha value is -1.46. The van der Waals surface area contributed by atoms with Gasteiger partial charge in [-0.1, -0.05) is 6.42 Å². The van der Waals surface area contributed by atoms with Gasteiger partial charge in [-0.25, -0.2) is 5.43 Å². The molecule has 1 aromatic heterocycles. The minimum absolute atomic E-state index is 0.0510. The highest BCUT2D eigenvalue weighted by molar-refractivity contribution is 5.82. The molecule has 2 N–H and O–H groups in total. The van der Waals surface area contributed by atoms with E-state index in [2.05, 4.69) is 15.8 Å². The maximum Gasteiger partial charge on any atom is 0.241 e. The van der Waals surface area contributed by atoms with E-state index < -0.39 is 0 Å². The van der Waals surface area contributed by atoms with Crippen molar-refractivity contribution in [3.63, 3.8) is 0 Å². The first kappa shape index (κ1) is 13.5. The van der Waals surface area contributed by atoms with E-state index in [9.17, 15) is 4.79 Å². The number of fused-ring (bicyclic) bond motifs is 1. The van der Waals surface area contributed by atoms with Gasteiger partial charge in [0.15, 0.2) is 0 Å². The van der Waals surface area contributed by atoms with Gasteiger partial charge in [0.2, 0.25) is 5.91 Å². The van der Waals surface area contributed by atoms with Crippen LogP contribution in [0.3, 0.4) is 0 Å². The van der Waals surface area contributed by atoms with Crippen LogP contribution in [0.2, 0.25) is 0 Å². The highest BCUT2D eigenvalue weighted by atomic mass is 16.2. The van der Waals surface area contributed by atoms with Crippen molar-refractivity contribution >= 4 is 5.91 Å². The second kappa shape index (κ2) is 5.89. The van der Waals surface area contributed by atoms with Crippen LogP contribution in [0, 0.1) is 5.92 Å². The smallest absolute Gasteiger partial charge is 0.241 e. The summed E-state index contributed by atoms with van der Waals surface area (Å²) in [6, 6.07) is 4.43. The molecule has 0 bridgehead atoms. The molecule has 2 aliphatic rings. The van der Waals surface area contributed by atoms with E-state index in [0.29, 0.717) is 12.0 Å². The molecule has 0 radical (unpaired) electrons. The number of carbonyl (C=O) groups is 1. The molecule has 5 nitrogen and oxygen atoms in total. The minimum atomic E-state index is -0.0510. The van der Waals surface area contributed by atoms with Gasteiger partial charge in [-0.05, 0) is 37.0 Å². The Balaban J connectivity index is 1.54. The first-order chi connectivity index (χ1) is 9.75. The van der Waals surface area contributed by atoms with E-state index in [0.717, 1.165) is 19.4 Å². The Morgan fingerprint density at radius 1 is 1.35 bits per heavy atom. The molecule has 1 aromatic rings. The number of carbonyl (C=O) groups excluding carboxylic acids is 1. The van der Waals surface area contributed by atoms with Crippen molar-refractivity contribution in [3.05, 3.63) is 30.1 Å². The van der Waals surface area contributed by atoms with E-state index >= 15 is 0 Å². The molecule has 0 spiro atoms. The fourth-order valence-electron chi connectivity index (χ4n) is 3.31. The zero-order valence-corrected chi connectivity index (χ0v) is 11.9. The maximum atomic E-state index is 12.5. The highest BCUT2D eigenvalue weighted by Crippen LogP contribution is 2.32. The molecule has 3 rings (SSSR count). The second-order valence-corrected chi connectivity index (χ2v) is 5.83. The maximum absolute atomic E-state index is 12.5. The molecule has 1 aliphatic heterocycles. The number of nitrogens with zero attached hydrogens (tertiary/aromatic N) is 2. The van der Waals surface area contributed by atoms with E-state index in [-0.39, 0.29) is 11.9 Å². The van der Waals surface area contributed by atoms with Gasteiger partial charge in [-0.15, -0.1) is 0 Å². The zero-order valence-electron chi connectivity index (χ0n) is 11.9. The molecule has 5 heteroatoms. The Labute approximate surface area is 119 Å². The van der Waals surface area contributed by atoms with Gasteiger partial charge >= 0.3 is 0 Å². The molecule has 3 unspecified atom stereocenters. The van der Waals surface area contributed by atoms with Crippen LogP contribution in [0.4, 0.5) is 0 Å². The molecular weight excluding hydrogens is 252 g/mol. The van der Waals surface area contributed by atoms with E-state index in [4.69, 9.17) is 0 Å². The number of likely N-dealkylation sites (N-methyl/N-ethyl adjacent to an activating group) is 1. The number of hydrazine groups is 1. The molecular formula is C15H22N4O. The SMILES string of the molecule is CN(CCc1ccncc1)C(=O)C1NNC2CCCC21. The molecule has 2 fully saturated rings. The molecule has 20 heavy (non-hydrogen) atoms. The molecule has 108 valence electrons. The summed E-state index contributed by atoms with van der Waals surface area (Å²) < 4.78 is 0. The van der Waals surface area contributed by atoms with Crippen LogP contribution < -0.4 is 10.9 Å². The fourth-order valence-corrected chi connectivity index (χ4v) is 3.31. The largest absolute Gasteiger partial charge is 0.344 e. The van der Waals surface area contributed by atoms with Crippen LogP contribution in [-0.2, 0) is 11.2 Å².